The number of hydrogen-bond acceptors (Lipinski definition) is 1. The first kappa shape index (κ1) is 11.0. The Labute approximate surface area is 86.8 Å². The Kier molecular flexibility index (Phi) is 3.90. The zero-order chi connectivity index (χ0) is 10.6. The quantitative estimate of drug-likeness (QED) is 0.718. The van der Waals surface area contributed by atoms with Crippen LogP contribution in [-0.2, 0) is 13.0 Å². The van der Waals surface area contributed by atoms with E-state index in [1.165, 1.54) is 22.3 Å². The second-order valence-electron chi connectivity index (χ2n) is 3.93. The molecule has 76 valence electrons. The Morgan fingerprint density at radius 2 is 2.14 bits per heavy atom. The van der Waals surface area contributed by atoms with Crippen molar-refractivity contribution < 1.29 is 0 Å². The molecule has 0 unspecified atom stereocenters. The highest BCUT2D eigenvalue weighted by atomic mass is 14.8. The number of aryl methyl sites for hydroxylation is 1. The van der Waals surface area contributed by atoms with Gasteiger partial charge in [-0.1, -0.05) is 30.4 Å². The van der Waals surface area contributed by atoms with E-state index in [0.717, 1.165) is 13.0 Å². The molecular formula is C13H19N. The van der Waals surface area contributed by atoms with Crippen LogP contribution in [0.4, 0.5) is 0 Å². The highest BCUT2D eigenvalue weighted by Gasteiger charge is 1.99. The number of allylic oxidation sites excluding steroid dienone is 1. The molecule has 0 amide bonds. The third-order valence-electron chi connectivity index (χ3n) is 2.28. The van der Waals surface area contributed by atoms with E-state index < -0.39 is 0 Å². The SMILES string of the molecule is C=C(C)Cc1ccc(CNC)cc1C. The summed E-state index contributed by atoms with van der Waals surface area (Å²) in [6.07, 6.45) is 0.992. The molecule has 0 bridgehead atoms. The van der Waals surface area contributed by atoms with Crippen LogP contribution in [0.5, 0.6) is 0 Å². The van der Waals surface area contributed by atoms with Crippen LogP contribution in [0.1, 0.15) is 23.6 Å². The van der Waals surface area contributed by atoms with Crippen molar-refractivity contribution in [2.75, 3.05) is 7.05 Å². The van der Waals surface area contributed by atoms with Crippen LogP contribution >= 0.6 is 0 Å². The summed E-state index contributed by atoms with van der Waals surface area (Å²) in [6, 6.07) is 6.63. The minimum absolute atomic E-state index is 0.939. The lowest BCUT2D eigenvalue weighted by molar-refractivity contribution is 0.816. The number of benzene rings is 1. The zero-order valence-electron chi connectivity index (χ0n) is 9.35. The fraction of sp³-hybridized carbons (Fsp3) is 0.385. The van der Waals surface area contributed by atoms with Crippen LogP contribution in [-0.4, -0.2) is 7.05 Å². The summed E-state index contributed by atoms with van der Waals surface area (Å²) in [5, 5.41) is 3.15. The molecule has 1 N–H and O–H groups in total. The minimum atomic E-state index is 0.939. The van der Waals surface area contributed by atoms with Gasteiger partial charge in [-0.25, -0.2) is 0 Å². The van der Waals surface area contributed by atoms with Crippen molar-refractivity contribution in [3.63, 3.8) is 0 Å². The molecule has 1 rings (SSSR count). The maximum absolute atomic E-state index is 3.94. The van der Waals surface area contributed by atoms with Crippen LogP contribution in [0.2, 0.25) is 0 Å². The van der Waals surface area contributed by atoms with E-state index in [-0.39, 0.29) is 0 Å². The molecule has 0 atom stereocenters. The van der Waals surface area contributed by atoms with Gasteiger partial charge in [0.05, 0.1) is 0 Å². The smallest absolute Gasteiger partial charge is 0.0202 e. The molecule has 1 aromatic rings. The van der Waals surface area contributed by atoms with Crippen molar-refractivity contribution in [3.05, 3.63) is 47.0 Å². The van der Waals surface area contributed by atoms with E-state index in [4.69, 9.17) is 0 Å². The fourth-order valence-electron chi connectivity index (χ4n) is 1.60. The van der Waals surface area contributed by atoms with Gasteiger partial charge in [-0.2, -0.15) is 0 Å². The minimum Gasteiger partial charge on any atom is -0.316 e. The highest BCUT2D eigenvalue weighted by Crippen LogP contribution is 2.14. The molecular weight excluding hydrogens is 170 g/mol. The second kappa shape index (κ2) is 4.97. The van der Waals surface area contributed by atoms with E-state index >= 15 is 0 Å². The molecule has 0 saturated heterocycles. The summed E-state index contributed by atoms with van der Waals surface area (Å²) in [5.41, 5.74) is 5.31. The molecule has 1 heteroatoms. The third-order valence-corrected chi connectivity index (χ3v) is 2.28. The van der Waals surface area contributed by atoms with Gasteiger partial charge in [-0.15, -0.1) is 0 Å². The van der Waals surface area contributed by atoms with Crippen molar-refractivity contribution in [3.8, 4) is 0 Å². The maximum Gasteiger partial charge on any atom is 0.0202 e. The average molecular weight is 189 g/mol. The first-order chi connectivity index (χ1) is 6.63. The van der Waals surface area contributed by atoms with Gasteiger partial charge in [0, 0.05) is 6.54 Å². The van der Waals surface area contributed by atoms with Gasteiger partial charge in [0.25, 0.3) is 0 Å². The zero-order valence-corrected chi connectivity index (χ0v) is 9.35. The normalized spacial score (nSPS) is 10.2. The van der Waals surface area contributed by atoms with Crippen molar-refractivity contribution in [1.29, 1.82) is 0 Å². The summed E-state index contributed by atoms with van der Waals surface area (Å²) >= 11 is 0. The first-order valence-corrected chi connectivity index (χ1v) is 5.01. The van der Waals surface area contributed by atoms with E-state index in [1.807, 2.05) is 7.05 Å². The lowest BCUT2D eigenvalue weighted by Gasteiger charge is -2.08. The van der Waals surface area contributed by atoms with Crippen LogP contribution in [0, 0.1) is 6.92 Å². The van der Waals surface area contributed by atoms with Crippen molar-refractivity contribution >= 4 is 0 Å². The van der Waals surface area contributed by atoms with Gasteiger partial charge in [0.1, 0.15) is 0 Å². The molecule has 0 aliphatic rings. The van der Waals surface area contributed by atoms with Crippen LogP contribution in [0.25, 0.3) is 0 Å². The number of nitrogens with one attached hydrogen (secondary N) is 1. The topological polar surface area (TPSA) is 12.0 Å². The Bertz CT molecular complexity index is 326. The molecule has 0 aromatic heterocycles. The molecule has 1 nitrogen and oxygen atoms in total. The Morgan fingerprint density at radius 3 is 2.64 bits per heavy atom. The van der Waals surface area contributed by atoms with Gasteiger partial charge in [-0.05, 0) is 44.0 Å². The molecule has 0 radical (unpaired) electrons. The van der Waals surface area contributed by atoms with Gasteiger partial charge in [0.15, 0.2) is 0 Å². The third kappa shape index (κ3) is 3.00. The summed E-state index contributed by atoms with van der Waals surface area (Å²) in [5.74, 6) is 0. The summed E-state index contributed by atoms with van der Waals surface area (Å²) in [7, 11) is 1.97. The summed E-state index contributed by atoms with van der Waals surface area (Å²) < 4.78 is 0. The molecule has 0 aliphatic carbocycles. The molecule has 0 aliphatic heterocycles. The second-order valence-corrected chi connectivity index (χ2v) is 3.93. The average Bonchev–Trinajstić information content (AvgIpc) is 2.10. The van der Waals surface area contributed by atoms with Crippen LogP contribution < -0.4 is 5.32 Å². The lowest BCUT2D eigenvalue weighted by Crippen LogP contribution is -2.05. The predicted octanol–water partition coefficient (Wildman–Crippen LogP) is 2.83. The molecule has 0 spiro atoms. The van der Waals surface area contributed by atoms with Gasteiger partial charge < -0.3 is 5.32 Å². The number of hydrogen-bond donors (Lipinski definition) is 1. The van der Waals surface area contributed by atoms with Crippen molar-refractivity contribution in [1.82, 2.24) is 5.32 Å². The Morgan fingerprint density at radius 1 is 1.43 bits per heavy atom. The van der Waals surface area contributed by atoms with Crippen LogP contribution in [0.3, 0.4) is 0 Å². The van der Waals surface area contributed by atoms with E-state index in [9.17, 15) is 0 Å². The maximum atomic E-state index is 3.94. The van der Waals surface area contributed by atoms with E-state index in [1.54, 1.807) is 0 Å². The van der Waals surface area contributed by atoms with Crippen molar-refractivity contribution in [2.24, 2.45) is 0 Å². The molecule has 0 heterocycles. The molecule has 1 aromatic carbocycles. The molecule has 0 fully saturated rings. The fourth-order valence-corrected chi connectivity index (χ4v) is 1.60. The standard InChI is InChI=1S/C13H19N/c1-10(2)7-13-6-5-12(9-14-4)8-11(13)3/h5-6,8,14H,1,7,9H2,2-4H3. The number of rotatable bonds is 4. The molecule has 0 saturated carbocycles. The monoisotopic (exact) mass is 189 g/mol. The highest BCUT2D eigenvalue weighted by molar-refractivity contribution is 5.33. The predicted molar refractivity (Wildman–Crippen MR) is 62.5 cm³/mol. The lowest BCUT2D eigenvalue weighted by atomic mass is 10.00. The largest absolute Gasteiger partial charge is 0.316 e. The van der Waals surface area contributed by atoms with Gasteiger partial charge >= 0.3 is 0 Å². The molecule has 14 heavy (non-hydrogen) atoms. The van der Waals surface area contributed by atoms with E-state index in [0.29, 0.717) is 0 Å². The summed E-state index contributed by atoms with van der Waals surface area (Å²) in [6.45, 7) is 9.11. The Hall–Kier alpha value is -1.08. The first-order valence-electron chi connectivity index (χ1n) is 5.01. The van der Waals surface area contributed by atoms with Gasteiger partial charge in [0.2, 0.25) is 0 Å². The van der Waals surface area contributed by atoms with Crippen molar-refractivity contribution in [2.45, 2.75) is 26.8 Å². The van der Waals surface area contributed by atoms with Gasteiger partial charge in [-0.3, -0.25) is 0 Å². The van der Waals surface area contributed by atoms with Crippen LogP contribution in [0.15, 0.2) is 30.4 Å². The summed E-state index contributed by atoms with van der Waals surface area (Å²) in [4.78, 5) is 0. The van der Waals surface area contributed by atoms with E-state index in [2.05, 4.69) is 43.9 Å². The Balaban J connectivity index is 2.84.